The third-order valence-corrected chi connectivity index (χ3v) is 6.34. The van der Waals surface area contributed by atoms with Crippen molar-refractivity contribution in [2.45, 2.75) is 50.5 Å². The van der Waals surface area contributed by atoms with E-state index < -0.39 is 0 Å². The number of nitrogens with zero attached hydrogens (tertiary/aromatic N) is 1. The number of nitrogens with one attached hydrogen (secondary N) is 1. The Hall–Kier alpha value is -0.750. The first-order chi connectivity index (χ1) is 13.1. The molecule has 1 aliphatic heterocycles. The average Bonchev–Trinajstić information content (AvgIpc) is 2.66. The van der Waals surface area contributed by atoms with E-state index in [2.05, 4.69) is 16.3 Å². The molecule has 4 nitrogen and oxygen atoms in total. The third kappa shape index (κ3) is 8.86. The molecule has 1 aromatic carbocycles. The first kappa shape index (κ1) is 22.5. The molecule has 1 aromatic rings. The van der Waals surface area contributed by atoms with Gasteiger partial charge >= 0.3 is 0 Å². The van der Waals surface area contributed by atoms with Crippen molar-refractivity contribution >= 4 is 29.3 Å². The highest BCUT2D eigenvalue weighted by Gasteiger charge is 2.24. The number of benzene rings is 1. The van der Waals surface area contributed by atoms with Gasteiger partial charge in [-0.15, -0.1) is 11.8 Å². The van der Waals surface area contributed by atoms with Crippen LogP contribution in [-0.2, 0) is 9.53 Å². The molecule has 1 fully saturated rings. The molecule has 0 atom stereocenters. The van der Waals surface area contributed by atoms with Gasteiger partial charge in [-0.1, -0.05) is 23.7 Å². The van der Waals surface area contributed by atoms with E-state index in [4.69, 9.17) is 16.3 Å². The lowest BCUT2D eigenvalue weighted by Gasteiger charge is -2.31. The largest absolute Gasteiger partial charge is 0.379 e. The lowest BCUT2D eigenvalue weighted by Crippen LogP contribution is -2.41. The number of ether oxygens (including phenoxy) is 1. The summed E-state index contributed by atoms with van der Waals surface area (Å²) in [5.41, 5.74) is 0. The van der Waals surface area contributed by atoms with Gasteiger partial charge in [0.05, 0.1) is 11.1 Å². The van der Waals surface area contributed by atoms with Crippen LogP contribution in [0.15, 0.2) is 29.2 Å². The molecule has 152 valence electrons. The Balaban J connectivity index is 1.53. The summed E-state index contributed by atoms with van der Waals surface area (Å²) in [6, 6.07) is 8.01. The van der Waals surface area contributed by atoms with E-state index in [9.17, 15) is 4.79 Å². The van der Waals surface area contributed by atoms with Gasteiger partial charge in [0, 0.05) is 24.0 Å². The van der Waals surface area contributed by atoms with Crippen molar-refractivity contribution in [2.75, 3.05) is 38.5 Å². The maximum absolute atomic E-state index is 12.3. The highest BCUT2D eigenvalue weighted by molar-refractivity contribution is 7.99. The molecule has 0 aliphatic carbocycles. The smallest absolute Gasteiger partial charge is 0.223 e. The van der Waals surface area contributed by atoms with Crippen molar-refractivity contribution in [1.29, 1.82) is 0 Å². The van der Waals surface area contributed by atoms with E-state index >= 15 is 0 Å². The summed E-state index contributed by atoms with van der Waals surface area (Å²) in [6.45, 7) is 8.62. The summed E-state index contributed by atoms with van der Waals surface area (Å²) in [6.07, 6.45) is 4.21. The summed E-state index contributed by atoms with van der Waals surface area (Å²) in [5, 5.41) is 3.90. The number of carbonyl (C=O) groups excluding carboxylic acids is 1. The molecule has 0 spiro atoms. The van der Waals surface area contributed by atoms with Crippen LogP contribution in [0, 0.1) is 5.92 Å². The van der Waals surface area contributed by atoms with Crippen molar-refractivity contribution in [2.24, 2.45) is 5.92 Å². The minimum Gasteiger partial charge on any atom is -0.379 e. The number of piperidine rings is 1. The Kier molecular flexibility index (Phi) is 10.6. The lowest BCUT2D eigenvalue weighted by atomic mass is 9.96. The van der Waals surface area contributed by atoms with Crippen LogP contribution in [0.3, 0.4) is 0 Å². The van der Waals surface area contributed by atoms with Gasteiger partial charge in [-0.25, -0.2) is 0 Å². The van der Waals surface area contributed by atoms with Crippen LogP contribution in [0.25, 0.3) is 0 Å². The molecule has 0 saturated carbocycles. The Labute approximate surface area is 173 Å². The fourth-order valence-electron chi connectivity index (χ4n) is 3.20. The summed E-state index contributed by atoms with van der Waals surface area (Å²) in [4.78, 5) is 15.9. The number of carbonyl (C=O) groups is 1. The maximum Gasteiger partial charge on any atom is 0.223 e. The normalized spacial score (nSPS) is 16.0. The monoisotopic (exact) mass is 412 g/mol. The molecular weight excluding hydrogens is 380 g/mol. The van der Waals surface area contributed by atoms with Crippen molar-refractivity contribution in [3.05, 3.63) is 29.3 Å². The van der Waals surface area contributed by atoms with E-state index in [1.807, 2.05) is 43.8 Å². The number of thioether (sulfide) groups is 1. The number of rotatable bonds is 11. The average molecular weight is 413 g/mol. The fourth-order valence-corrected chi connectivity index (χ4v) is 4.37. The molecule has 0 aromatic heterocycles. The zero-order valence-electron chi connectivity index (χ0n) is 16.6. The van der Waals surface area contributed by atoms with Gasteiger partial charge in [-0.05, 0) is 77.1 Å². The number of amides is 1. The second-order valence-electron chi connectivity index (χ2n) is 7.31. The molecule has 0 bridgehead atoms. The number of halogens is 1. The van der Waals surface area contributed by atoms with E-state index in [0.717, 1.165) is 61.0 Å². The summed E-state index contributed by atoms with van der Waals surface area (Å²) in [5.74, 6) is 1.46. The van der Waals surface area contributed by atoms with Crippen LogP contribution in [0.1, 0.15) is 39.5 Å². The predicted octanol–water partition coefficient (Wildman–Crippen LogP) is 4.47. The molecule has 0 unspecified atom stereocenters. The summed E-state index contributed by atoms with van der Waals surface area (Å²) >= 11 is 8.01. The minimum absolute atomic E-state index is 0.171. The van der Waals surface area contributed by atoms with Crippen molar-refractivity contribution in [3.63, 3.8) is 0 Å². The molecular formula is C21H33ClN2O2S. The van der Waals surface area contributed by atoms with Crippen LogP contribution < -0.4 is 5.32 Å². The third-order valence-electron chi connectivity index (χ3n) is 4.74. The van der Waals surface area contributed by atoms with Gasteiger partial charge in [-0.3, -0.25) is 4.79 Å². The van der Waals surface area contributed by atoms with E-state index in [1.165, 1.54) is 0 Å². The molecule has 1 saturated heterocycles. The Morgan fingerprint density at radius 1 is 1.30 bits per heavy atom. The molecule has 0 radical (unpaired) electrons. The highest BCUT2D eigenvalue weighted by atomic mass is 35.5. The zero-order valence-corrected chi connectivity index (χ0v) is 18.2. The Bertz CT molecular complexity index is 563. The van der Waals surface area contributed by atoms with Gasteiger partial charge in [0.2, 0.25) is 5.91 Å². The standard InChI is InChI=1S/C21H33ClN2O2S/c1-17(2)26-15-5-11-23-21(25)18-9-13-24(14-10-18)12-6-16-27-20-8-4-3-7-19(20)22/h3-4,7-8,17-18H,5-6,9-16H2,1-2H3,(H,23,25). The topological polar surface area (TPSA) is 41.6 Å². The second-order valence-corrected chi connectivity index (χ2v) is 8.86. The number of hydrogen-bond donors (Lipinski definition) is 1. The number of likely N-dealkylation sites (tertiary alicyclic amines) is 1. The Morgan fingerprint density at radius 3 is 2.74 bits per heavy atom. The molecule has 27 heavy (non-hydrogen) atoms. The van der Waals surface area contributed by atoms with Crippen molar-refractivity contribution in [3.8, 4) is 0 Å². The Morgan fingerprint density at radius 2 is 2.04 bits per heavy atom. The minimum atomic E-state index is 0.171. The van der Waals surface area contributed by atoms with Gasteiger partial charge in [0.25, 0.3) is 0 Å². The fraction of sp³-hybridized carbons (Fsp3) is 0.667. The highest BCUT2D eigenvalue weighted by Crippen LogP contribution is 2.27. The SMILES string of the molecule is CC(C)OCCCNC(=O)C1CCN(CCCSc2ccccc2Cl)CC1. The molecule has 1 aliphatic rings. The molecule has 1 heterocycles. The van der Waals surface area contributed by atoms with Crippen LogP contribution in [0.2, 0.25) is 5.02 Å². The maximum atomic E-state index is 12.3. The zero-order chi connectivity index (χ0) is 19.5. The number of hydrogen-bond acceptors (Lipinski definition) is 4. The van der Waals surface area contributed by atoms with Crippen LogP contribution in [0.5, 0.6) is 0 Å². The lowest BCUT2D eigenvalue weighted by molar-refractivity contribution is -0.126. The van der Waals surface area contributed by atoms with Crippen molar-refractivity contribution in [1.82, 2.24) is 10.2 Å². The molecule has 6 heteroatoms. The molecule has 1 amide bonds. The van der Waals surface area contributed by atoms with E-state index in [-0.39, 0.29) is 17.9 Å². The van der Waals surface area contributed by atoms with Crippen LogP contribution in [0.4, 0.5) is 0 Å². The van der Waals surface area contributed by atoms with Crippen LogP contribution >= 0.6 is 23.4 Å². The van der Waals surface area contributed by atoms with Crippen molar-refractivity contribution < 1.29 is 9.53 Å². The van der Waals surface area contributed by atoms with Gasteiger partial charge in [-0.2, -0.15) is 0 Å². The van der Waals surface area contributed by atoms with Gasteiger partial charge in [0.15, 0.2) is 0 Å². The second kappa shape index (κ2) is 12.7. The first-order valence-corrected chi connectivity index (χ1v) is 11.4. The van der Waals surface area contributed by atoms with Gasteiger partial charge < -0.3 is 15.0 Å². The van der Waals surface area contributed by atoms with E-state index in [1.54, 1.807) is 0 Å². The predicted molar refractivity (Wildman–Crippen MR) is 115 cm³/mol. The molecule has 2 rings (SSSR count). The molecule has 1 N–H and O–H groups in total. The summed E-state index contributed by atoms with van der Waals surface area (Å²) < 4.78 is 5.50. The van der Waals surface area contributed by atoms with Crippen LogP contribution in [-0.4, -0.2) is 55.4 Å². The quantitative estimate of drug-likeness (QED) is 0.430. The van der Waals surface area contributed by atoms with E-state index in [0.29, 0.717) is 13.2 Å². The summed E-state index contributed by atoms with van der Waals surface area (Å²) in [7, 11) is 0. The first-order valence-electron chi connectivity index (χ1n) is 10.0. The van der Waals surface area contributed by atoms with Gasteiger partial charge in [0.1, 0.15) is 0 Å².